The van der Waals surface area contributed by atoms with Gasteiger partial charge in [0, 0.05) is 37.2 Å². The molecule has 10 heteroatoms. The van der Waals surface area contributed by atoms with E-state index < -0.39 is 20.5 Å². The Morgan fingerprint density at radius 3 is 2.33 bits per heavy atom. The number of benzene rings is 2. The molecular formula is C23H30N4O5S. The van der Waals surface area contributed by atoms with Crippen LogP contribution in [0.15, 0.2) is 53.4 Å². The zero-order chi connectivity index (χ0) is 24.2. The van der Waals surface area contributed by atoms with Gasteiger partial charge in [0.15, 0.2) is 0 Å². The van der Waals surface area contributed by atoms with Gasteiger partial charge in [0.2, 0.25) is 15.9 Å². The molecule has 1 aliphatic heterocycles. The van der Waals surface area contributed by atoms with Crippen molar-refractivity contribution >= 4 is 27.3 Å². The summed E-state index contributed by atoms with van der Waals surface area (Å²) >= 11 is 0. The number of nitrogens with zero attached hydrogens (tertiary/aromatic N) is 2. The zero-order valence-corrected chi connectivity index (χ0v) is 19.9. The van der Waals surface area contributed by atoms with Crippen molar-refractivity contribution in [2.24, 2.45) is 5.92 Å². The number of amides is 1. The third-order valence-corrected chi connectivity index (χ3v) is 7.17. The summed E-state index contributed by atoms with van der Waals surface area (Å²) in [4.78, 5) is 25.4. The highest BCUT2D eigenvalue weighted by Crippen LogP contribution is 2.33. The normalized spacial score (nSPS) is 15.3. The Labute approximate surface area is 194 Å². The monoisotopic (exact) mass is 474 g/mol. The maximum atomic E-state index is 12.6. The van der Waals surface area contributed by atoms with E-state index in [9.17, 15) is 23.3 Å². The van der Waals surface area contributed by atoms with Crippen LogP contribution in [0, 0.1) is 16.0 Å². The van der Waals surface area contributed by atoms with Gasteiger partial charge in [-0.2, -0.15) is 0 Å². The zero-order valence-electron chi connectivity index (χ0n) is 19.1. The molecule has 2 N–H and O–H groups in total. The number of nitrogens with one attached hydrogen (secondary N) is 2. The molecule has 33 heavy (non-hydrogen) atoms. The van der Waals surface area contributed by atoms with Crippen LogP contribution in [-0.2, 0) is 21.4 Å². The SMILES string of the molecule is CC(C)(C)NS(=O)(=O)c1ccc(N2CCC(C(=O)NCc3ccccc3)CC2)c([N+](=O)[O-])c1. The Morgan fingerprint density at radius 2 is 1.76 bits per heavy atom. The fourth-order valence-electron chi connectivity index (χ4n) is 3.86. The lowest BCUT2D eigenvalue weighted by molar-refractivity contribution is -0.384. The van der Waals surface area contributed by atoms with E-state index in [1.54, 1.807) is 20.8 Å². The molecule has 2 aromatic rings. The molecule has 0 atom stereocenters. The van der Waals surface area contributed by atoms with Crippen LogP contribution >= 0.6 is 0 Å². The summed E-state index contributed by atoms with van der Waals surface area (Å²) in [6.45, 7) is 6.51. The van der Waals surface area contributed by atoms with Gasteiger partial charge in [-0.1, -0.05) is 30.3 Å². The number of nitro groups is 1. The van der Waals surface area contributed by atoms with Crippen LogP contribution in [0.4, 0.5) is 11.4 Å². The number of nitro benzene ring substituents is 1. The summed E-state index contributed by atoms with van der Waals surface area (Å²) in [5, 5.41) is 14.7. The standard InChI is InChI=1S/C23H30N4O5S/c1-23(2,3)25-33(31,32)19-9-10-20(21(15-19)27(29)30)26-13-11-18(12-14-26)22(28)24-16-17-7-5-4-6-8-17/h4-10,15,18,25H,11-14,16H2,1-3H3,(H,24,28). The number of piperidine rings is 1. The molecule has 0 spiro atoms. The molecule has 0 saturated carbocycles. The van der Waals surface area contributed by atoms with E-state index in [0.717, 1.165) is 11.6 Å². The minimum atomic E-state index is -3.90. The van der Waals surface area contributed by atoms with Gasteiger partial charge in [0.25, 0.3) is 5.69 Å². The van der Waals surface area contributed by atoms with Crippen LogP contribution in [0.3, 0.4) is 0 Å². The number of carbonyl (C=O) groups is 1. The molecule has 0 bridgehead atoms. The average molecular weight is 475 g/mol. The van der Waals surface area contributed by atoms with Crippen molar-refractivity contribution in [3.63, 3.8) is 0 Å². The topological polar surface area (TPSA) is 122 Å². The highest BCUT2D eigenvalue weighted by molar-refractivity contribution is 7.89. The van der Waals surface area contributed by atoms with Crippen molar-refractivity contribution in [2.75, 3.05) is 18.0 Å². The van der Waals surface area contributed by atoms with Crippen molar-refractivity contribution in [1.29, 1.82) is 0 Å². The molecule has 2 aromatic carbocycles. The number of sulfonamides is 1. The number of anilines is 1. The molecule has 178 valence electrons. The molecule has 1 amide bonds. The van der Waals surface area contributed by atoms with Crippen LogP contribution in [0.1, 0.15) is 39.2 Å². The van der Waals surface area contributed by atoms with E-state index in [2.05, 4.69) is 10.0 Å². The Morgan fingerprint density at radius 1 is 1.12 bits per heavy atom. The second kappa shape index (κ2) is 9.88. The summed E-state index contributed by atoms with van der Waals surface area (Å²) < 4.78 is 27.7. The molecule has 1 heterocycles. The van der Waals surface area contributed by atoms with Gasteiger partial charge in [-0.15, -0.1) is 0 Å². The van der Waals surface area contributed by atoms with Crippen molar-refractivity contribution in [1.82, 2.24) is 10.0 Å². The molecule has 3 rings (SSSR count). The van der Waals surface area contributed by atoms with Crippen molar-refractivity contribution in [3.05, 3.63) is 64.2 Å². The van der Waals surface area contributed by atoms with Gasteiger partial charge in [-0.25, -0.2) is 13.1 Å². The predicted molar refractivity (Wildman–Crippen MR) is 126 cm³/mol. The van der Waals surface area contributed by atoms with E-state index in [4.69, 9.17) is 0 Å². The van der Waals surface area contributed by atoms with Gasteiger partial charge >= 0.3 is 0 Å². The van der Waals surface area contributed by atoms with Crippen LogP contribution in [-0.4, -0.2) is 37.9 Å². The second-order valence-corrected chi connectivity index (χ2v) is 10.9. The lowest BCUT2D eigenvalue weighted by Gasteiger charge is -2.32. The summed E-state index contributed by atoms with van der Waals surface area (Å²) in [5.74, 6) is -0.192. The van der Waals surface area contributed by atoms with E-state index in [0.29, 0.717) is 38.2 Å². The maximum Gasteiger partial charge on any atom is 0.293 e. The largest absolute Gasteiger partial charge is 0.366 e. The third kappa shape index (κ3) is 6.52. The molecule has 9 nitrogen and oxygen atoms in total. The first kappa shape index (κ1) is 24.7. The molecular weight excluding hydrogens is 444 g/mol. The predicted octanol–water partition coefficient (Wildman–Crippen LogP) is 3.20. The fraction of sp³-hybridized carbons (Fsp3) is 0.435. The minimum absolute atomic E-state index is 0.0253. The summed E-state index contributed by atoms with van der Waals surface area (Å²) in [6.07, 6.45) is 1.12. The van der Waals surface area contributed by atoms with Gasteiger partial charge in [-0.3, -0.25) is 14.9 Å². The summed E-state index contributed by atoms with van der Waals surface area (Å²) in [6, 6.07) is 13.6. The van der Waals surface area contributed by atoms with E-state index in [-0.39, 0.29) is 22.4 Å². The van der Waals surface area contributed by atoms with Gasteiger partial charge in [-0.05, 0) is 51.3 Å². The number of carbonyl (C=O) groups excluding carboxylic acids is 1. The Kier molecular flexibility index (Phi) is 7.38. The summed E-state index contributed by atoms with van der Waals surface area (Å²) in [5.41, 5.74) is 0.404. The van der Waals surface area contributed by atoms with E-state index >= 15 is 0 Å². The first-order chi connectivity index (χ1) is 15.5. The minimum Gasteiger partial charge on any atom is -0.366 e. The molecule has 1 fully saturated rings. The molecule has 0 aromatic heterocycles. The second-order valence-electron chi connectivity index (χ2n) is 9.23. The van der Waals surface area contributed by atoms with Crippen LogP contribution in [0.5, 0.6) is 0 Å². The van der Waals surface area contributed by atoms with Crippen LogP contribution in [0.25, 0.3) is 0 Å². The highest BCUT2D eigenvalue weighted by Gasteiger charge is 2.30. The molecule has 1 aliphatic rings. The quantitative estimate of drug-likeness (QED) is 0.469. The molecule has 0 unspecified atom stereocenters. The number of hydrogen-bond donors (Lipinski definition) is 2. The van der Waals surface area contributed by atoms with Crippen molar-refractivity contribution < 1.29 is 18.1 Å². The van der Waals surface area contributed by atoms with E-state index in [1.165, 1.54) is 12.1 Å². The lowest BCUT2D eigenvalue weighted by atomic mass is 9.95. The Hall–Kier alpha value is -2.98. The number of hydrogen-bond acceptors (Lipinski definition) is 6. The lowest BCUT2D eigenvalue weighted by Crippen LogP contribution is -2.41. The van der Waals surface area contributed by atoms with Gasteiger partial charge in [0.1, 0.15) is 5.69 Å². The third-order valence-electron chi connectivity index (χ3n) is 5.41. The van der Waals surface area contributed by atoms with Crippen molar-refractivity contribution in [2.45, 2.75) is 50.6 Å². The average Bonchev–Trinajstić information content (AvgIpc) is 2.76. The van der Waals surface area contributed by atoms with Crippen LogP contribution < -0.4 is 14.9 Å². The Balaban J connectivity index is 1.68. The van der Waals surface area contributed by atoms with E-state index in [1.807, 2.05) is 35.2 Å². The maximum absolute atomic E-state index is 12.6. The van der Waals surface area contributed by atoms with Crippen LogP contribution in [0.2, 0.25) is 0 Å². The van der Waals surface area contributed by atoms with Crippen molar-refractivity contribution in [3.8, 4) is 0 Å². The fourth-order valence-corrected chi connectivity index (χ4v) is 5.30. The first-order valence-electron chi connectivity index (χ1n) is 10.9. The van der Waals surface area contributed by atoms with Gasteiger partial charge < -0.3 is 10.2 Å². The first-order valence-corrected chi connectivity index (χ1v) is 12.3. The molecule has 0 radical (unpaired) electrons. The van der Waals surface area contributed by atoms with Gasteiger partial charge in [0.05, 0.1) is 9.82 Å². The molecule has 1 saturated heterocycles. The Bertz CT molecular complexity index is 1110. The molecule has 0 aliphatic carbocycles. The number of rotatable bonds is 7. The highest BCUT2D eigenvalue weighted by atomic mass is 32.2. The smallest absolute Gasteiger partial charge is 0.293 e. The summed E-state index contributed by atoms with van der Waals surface area (Å²) in [7, 11) is -3.90.